The number of amides is 3. The van der Waals surface area contributed by atoms with Gasteiger partial charge in [0.1, 0.15) is 6.04 Å². The van der Waals surface area contributed by atoms with Crippen molar-refractivity contribution < 1.29 is 19.2 Å². The number of ketones is 1. The normalized spacial score (nSPS) is 11.5. The monoisotopic (exact) mass is 389 g/mol. The van der Waals surface area contributed by atoms with Crippen molar-refractivity contribution in [2.24, 2.45) is 5.73 Å². The number of carbonyl (C=O) groups is 4. The summed E-state index contributed by atoms with van der Waals surface area (Å²) < 4.78 is 0. The highest BCUT2D eigenvalue weighted by atomic mass is 16.2. The zero-order valence-corrected chi connectivity index (χ0v) is 16.5. The highest BCUT2D eigenvalue weighted by Gasteiger charge is 2.28. The molecule has 4 N–H and O–H groups in total. The SMILES string of the molecule is CCCCCCCC(=O)N[C@H](CC(N)=O)C(=O)C(=O)NCCc1ccccc1. The van der Waals surface area contributed by atoms with Gasteiger partial charge in [-0.25, -0.2) is 0 Å². The van der Waals surface area contributed by atoms with Crippen molar-refractivity contribution in [1.82, 2.24) is 10.6 Å². The predicted octanol–water partition coefficient (Wildman–Crippen LogP) is 1.64. The summed E-state index contributed by atoms with van der Waals surface area (Å²) in [6.07, 6.45) is 5.34. The number of Topliss-reactive ketones (excluding diaryl/α,β-unsaturated/α-hetero) is 1. The van der Waals surface area contributed by atoms with Crippen molar-refractivity contribution in [3.05, 3.63) is 35.9 Å². The summed E-state index contributed by atoms with van der Waals surface area (Å²) in [4.78, 5) is 47.7. The zero-order valence-electron chi connectivity index (χ0n) is 16.5. The molecule has 0 aliphatic carbocycles. The first kappa shape index (κ1) is 23.3. The van der Waals surface area contributed by atoms with E-state index in [4.69, 9.17) is 5.73 Å². The molecule has 1 atom stereocenters. The molecular weight excluding hydrogens is 358 g/mol. The van der Waals surface area contributed by atoms with Crippen LogP contribution in [0.4, 0.5) is 0 Å². The summed E-state index contributed by atoms with van der Waals surface area (Å²) in [5.74, 6) is -2.79. The molecule has 1 aromatic rings. The van der Waals surface area contributed by atoms with Crippen LogP contribution in [0.5, 0.6) is 0 Å². The van der Waals surface area contributed by atoms with Crippen molar-refractivity contribution in [3.63, 3.8) is 0 Å². The summed E-state index contributed by atoms with van der Waals surface area (Å²) in [6, 6.07) is 8.30. The Bertz CT molecular complexity index is 646. The molecule has 0 saturated carbocycles. The topological polar surface area (TPSA) is 118 Å². The number of rotatable bonds is 14. The van der Waals surface area contributed by atoms with Crippen LogP contribution in [-0.4, -0.2) is 36.1 Å². The Morgan fingerprint density at radius 3 is 2.32 bits per heavy atom. The van der Waals surface area contributed by atoms with Gasteiger partial charge in [0, 0.05) is 13.0 Å². The Morgan fingerprint density at radius 2 is 1.68 bits per heavy atom. The first-order valence-corrected chi connectivity index (χ1v) is 9.87. The fourth-order valence-electron chi connectivity index (χ4n) is 2.78. The van der Waals surface area contributed by atoms with Crippen molar-refractivity contribution in [1.29, 1.82) is 0 Å². The van der Waals surface area contributed by atoms with Crippen LogP contribution in [0.15, 0.2) is 30.3 Å². The van der Waals surface area contributed by atoms with Gasteiger partial charge in [0.05, 0.1) is 6.42 Å². The van der Waals surface area contributed by atoms with Crippen LogP contribution in [0, 0.1) is 0 Å². The molecule has 7 nitrogen and oxygen atoms in total. The molecule has 0 aliphatic heterocycles. The Balaban J connectivity index is 2.47. The number of carbonyl (C=O) groups excluding carboxylic acids is 4. The molecule has 154 valence electrons. The van der Waals surface area contributed by atoms with E-state index < -0.39 is 30.1 Å². The molecule has 0 aliphatic rings. The fourth-order valence-corrected chi connectivity index (χ4v) is 2.78. The quantitative estimate of drug-likeness (QED) is 0.331. The van der Waals surface area contributed by atoms with Gasteiger partial charge in [-0.1, -0.05) is 62.9 Å². The summed E-state index contributed by atoms with van der Waals surface area (Å²) >= 11 is 0. The molecule has 28 heavy (non-hydrogen) atoms. The van der Waals surface area contributed by atoms with Crippen LogP contribution in [0.2, 0.25) is 0 Å². The number of benzene rings is 1. The number of nitrogens with two attached hydrogens (primary N) is 1. The summed E-state index contributed by atoms with van der Waals surface area (Å²) in [5, 5.41) is 5.01. The summed E-state index contributed by atoms with van der Waals surface area (Å²) in [7, 11) is 0. The largest absolute Gasteiger partial charge is 0.370 e. The third kappa shape index (κ3) is 9.85. The summed E-state index contributed by atoms with van der Waals surface area (Å²) in [5.41, 5.74) is 6.19. The van der Waals surface area contributed by atoms with E-state index in [1.807, 2.05) is 30.3 Å². The second-order valence-electron chi connectivity index (χ2n) is 6.81. The van der Waals surface area contributed by atoms with Gasteiger partial charge in [-0.05, 0) is 18.4 Å². The molecule has 0 fully saturated rings. The molecule has 1 rings (SSSR count). The first-order valence-electron chi connectivity index (χ1n) is 9.87. The second kappa shape index (κ2) is 13.5. The molecule has 7 heteroatoms. The standard InChI is InChI=1S/C21H31N3O4/c1-2-3-4-5-9-12-19(26)24-17(15-18(22)25)20(27)21(28)23-14-13-16-10-7-6-8-11-16/h6-8,10-11,17H,2-5,9,12-15H2,1H3,(H2,22,25)(H,23,28)(H,24,26)/t17-/m1/s1. The zero-order chi connectivity index (χ0) is 20.8. The van der Waals surface area contributed by atoms with Crippen molar-refractivity contribution >= 4 is 23.5 Å². The number of primary amides is 1. The Hall–Kier alpha value is -2.70. The van der Waals surface area contributed by atoms with Gasteiger partial charge >= 0.3 is 0 Å². The maximum Gasteiger partial charge on any atom is 0.289 e. The van der Waals surface area contributed by atoms with Crippen molar-refractivity contribution in [3.8, 4) is 0 Å². The van der Waals surface area contributed by atoms with E-state index in [0.717, 1.165) is 31.2 Å². The van der Waals surface area contributed by atoms with E-state index in [9.17, 15) is 19.2 Å². The van der Waals surface area contributed by atoms with Crippen LogP contribution in [-0.2, 0) is 25.6 Å². The third-order valence-corrected chi connectivity index (χ3v) is 4.33. The average Bonchev–Trinajstić information content (AvgIpc) is 2.67. The van der Waals surface area contributed by atoms with Crippen LogP contribution in [0.1, 0.15) is 57.4 Å². The van der Waals surface area contributed by atoms with Gasteiger partial charge in [-0.3, -0.25) is 19.2 Å². The molecule has 0 saturated heterocycles. The summed E-state index contributed by atoms with van der Waals surface area (Å²) in [6.45, 7) is 2.39. The molecule has 0 heterocycles. The number of hydrogen-bond donors (Lipinski definition) is 3. The lowest BCUT2D eigenvalue weighted by atomic mass is 10.1. The second-order valence-corrected chi connectivity index (χ2v) is 6.81. The maximum absolute atomic E-state index is 12.3. The van der Waals surface area contributed by atoms with Crippen LogP contribution >= 0.6 is 0 Å². The van der Waals surface area contributed by atoms with Gasteiger partial charge in [-0.2, -0.15) is 0 Å². The van der Waals surface area contributed by atoms with Gasteiger partial charge in [0.25, 0.3) is 5.91 Å². The molecule has 0 aromatic heterocycles. The Kier molecular flexibility index (Phi) is 11.2. The molecule has 0 unspecified atom stereocenters. The molecule has 1 aromatic carbocycles. The maximum atomic E-state index is 12.3. The van der Waals surface area contributed by atoms with Crippen LogP contribution in [0.3, 0.4) is 0 Å². The lowest BCUT2D eigenvalue weighted by molar-refractivity contribution is -0.140. The molecule has 3 amide bonds. The van der Waals surface area contributed by atoms with E-state index in [2.05, 4.69) is 17.6 Å². The highest BCUT2D eigenvalue weighted by Crippen LogP contribution is 2.06. The predicted molar refractivity (Wildman–Crippen MR) is 107 cm³/mol. The van der Waals surface area contributed by atoms with Gasteiger partial charge in [0.2, 0.25) is 17.6 Å². The smallest absolute Gasteiger partial charge is 0.289 e. The molecule has 0 spiro atoms. The Morgan fingerprint density at radius 1 is 1.00 bits per heavy atom. The lowest BCUT2D eigenvalue weighted by Gasteiger charge is -2.16. The molecule has 0 radical (unpaired) electrons. The van der Waals surface area contributed by atoms with E-state index >= 15 is 0 Å². The van der Waals surface area contributed by atoms with Crippen molar-refractivity contribution in [2.75, 3.05) is 6.54 Å². The van der Waals surface area contributed by atoms with Gasteiger partial charge in [0.15, 0.2) is 0 Å². The van der Waals surface area contributed by atoms with E-state index in [1.54, 1.807) is 0 Å². The van der Waals surface area contributed by atoms with E-state index in [-0.39, 0.29) is 18.9 Å². The van der Waals surface area contributed by atoms with Crippen LogP contribution < -0.4 is 16.4 Å². The number of unbranched alkanes of at least 4 members (excludes halogenated alkanes) is 4. The van der Waals surface area contributed by atoms with Gasteiger partial charge in [-0.15, -0.1) is 0 Å². The van der Waals surface area contributed by atoms with Crippen molar-refractivity contribution in [2.45, 2.75) is 64.3 Å². The fraction of sp³-hybridized carbons (Fsp3) is 0.524. The average molecular weight is 389 g/mol. The Labute approximate surface area is 166 Å². The highest BCUT2D eigenvalue weighted by molar-refractivity contribution is 6.38. The first-order chi connectivity index (χ1) is 13.4. The minimum Gasteiger partial charge on any atom is -0.370 e. The van der Waals surface area contributed by atoms with Crippen LogP contribution in [0.25, 0.3) is 0 Å². The van der Waals surface area contributed by atoms with E-state index in [0.29, 0.717) is 12.8 Å². The number of hydrogen-bond acceptors (Lipinski definition) is 4. The minimum absolute atomic E-state index is 0.252. The number of nitrogens with one attached hydrogen (secondary N) is 2. The van der Waals surface area contributed by atoms with Gasteiger partial charge < -0.3 is 16.4 Å². The molecular formula is C21H31N3O4. The molecule has 0 bridgehead atoms. The minimum atomic E-state index is -1.22. The lowest BCUT2D eigenvalue weighted by Crippen LogP contribution is -2.49. The third-order valence-electron chi connectivity index (χ3n) is 4.33. The van der Waals surface area contributed by atoms with E-state index in [1.165, 1.54) is 0 Å².